The molecule has 0 spiro atoms. The van der Waals surface area contributed by atoms with Crippen molar-refractivity contribution in [1.82, 2.24) is 4.98 Å². The summed E-state index contributed by atoms with van der Waals surface area (Å²) in [6.07, 6.45) is 6.91. The van der Waals surface area contributed by atoms with E-state index in [1.165, 1.54) is 6.08 Å². The SMILES string of the molecule is CCCCOC(=O)/C=C/c1cccc(-c2ccccn2)c1. The molecule has 0 fully saturated rings. The summed E-state index contributed by atoms with van der Waals surface area (Å²) in [6, 6.07) is 13.7. The second-order valence-electron chi connectivity index (χ2n) is 4.69. The molecule has 1 heterocycles. The lowest BCUT2D eigenvalue weighted by Crippen LogP contribution is -2.01. The highest BCUT2D eigenvalue weighted by atomic mass is 16.5. The number of esters is 1. The van der Waals surface area contributed by atoms with E-state index < -0.39 is 0 Å². The van der Waals surface area contributed by atoms with Crippen LogP contribution in [0.4, 0.5) is 0 Å². The molecule has 0 atom stereocenters. The van der Waals surface area contributed by atoms with Crippen molar-refractivity contribution in [3.8, 4) is 11.3 Å². The van der Waals surface area contributed by atoms with Crippen LogP contribution in [0.2, 0.25) is 0 Å². The van der Waals surface area contributed by atoms with Crippen LogP contribution in [-0.4, -0.2) is 17.6 Å². The van der Waals surface area contributed by atoms with Crippen LogP contribution in [0.15, 0.2) is 54.7 Å². The van der Waals surface area contributed by atoms with Gasteiger partial charge in [-0.15, -0.1) is 0 Å². The van der Waals surface area contributed by atoms with Gasteiger partial charge in [-0.25, -0.2) is 4.79 Å². The number of carbonyl (C=O) groups is 1. The highest BCUT2D eigenvalue weighted by Crippen LogP contribution is 2.18. The Bertz CT molecular complexity index is 606. The number of ether oxygens (including phenoxy) is 1. The smallest absolute Gasteiger partial charge is 0.330 e. The lowest BCUT2D eigenvalue weighted by Gasteiger charge is -2.02. The van der Waals surface area contributed by atoms with E-state index in [0.717, 1.165) is 29.7 Å². The Kier molecular flexibility index (Phi) is 5.71. The van der Waals surface area contributed by atoms with Crippen molar-refractivity contribution in [3.63, 3.8) is 0 Å². The molecule has 2 aromatic rings. The zero-order valence-corrected chi connectivity index (χ0v) is 12.2. The zero-order chi connectivity index (χ0) is 14.9. The monoisotopic (exact) mass is 281 g/mol. The lowest BCUT2D eigenvalue weighted by atomic mass is 10.1. The Morgan fingerprint density at radius 3 is 2.90 bits per heavy atom. The molecule has 0 aliphatic carbocycles. The van der Waals surface area contributed by atoms with E-state index >= 15 is 0 Å². The van der Waals surface area contributed by atoms with Crippen molar-refractivity contribution in [3.05, 3.63) is 60.3 Å². The number of unbranched alkanes of at least 4 members (excludes halogenated alkanes) is 1. The summed E-state index contributed by atoms with van der Waals surface area (Å²) >= 11 is 0. The molecule has 108 valence electrons. The highest BCUT2D eigenvalue weighted by Gasteiger charge is 1.99. The van der Waals surface area contributed by atoms with Crippen LogP contribution in [0.3, 0.4) is 0 Å². The van der Waals surface area contributed by atoms with Gasteiger partial charge in [0.05, 0.1) is 12.3 Å². The molecular weight excluding hydrogens is 262 g/mol. The number of carbonyl (C=O) groups excluding carboxylic acids is 1. The van der Waals surface area contributed by atoms with Crippen LogP contribution < -0.4 is 0 Å². The van der Waals surface area contributed by atoms with Crippen LogP contribution in [0.25, 0.3) is 17.3 Å². The maximum atomic E-state index is 11.5. The van der Waals surface area contributed by atoms with E-state index in [4.69, 9.17) is 4.74 Å². The summed E-state index contributed by atoms with van der Waals surface area (Å²) in [5.41, 5.74) is 2.89. The summed E-state index contributed by atoms with van der Waals surface area (Å²) in [5, 5.41) is 0. The first kappa shape index (κ1) is 15.0. The Labute approximate surface area is 125 Å². The van der Waals surface area contributed by atoms with Crippen LogP contribution in [0.1, 0.15) is 25.3 Å². The van der Waals surface area contributed by atoms with Crippen molar-refractivity contribution in [2.75, 3.05) is 6.61 Å². The Hall–Kier alpha value is -2.42. The van der Waals surface area contributed by atoms with Crippen molar-refractivity contribution in [2.24, 2.45) is 0 Å². The molecule has 3 nitrogen and oxygen atoms in total. The standard InChI is InChI=1S/C18H19NO2/c1-2-3-13-21-18(20)11-10-15-7-6-8-16(14-15)17-9-4-5-12-19-17/h4-12,14H,2-3,13H2,1H3/b11-10+. The van der Waals surface area contributed by atoms with Gasteiger partial charge in [-0.1, -0.05) is 37.6 Å². The van der Waals surface area contributed by atoms with E-state index in [2.05, 4.69) is 11.9 Å². The van der Waals surface area contributed by atoms with Gasteiger partial charge >= 0.3 is 5.97 Å². The van der Waals surface area contributed by atoms with Gasteiger partial charge in [0.2, 0.25) is 0 Å². The second-order valence-corrected chi connectivity index (χ2v) is 4.69. The first-order valence-corrected chi connectivity index (χ1v) is 7.16. The number of pyridine rings is 1. The molecule has 0 radical (unpaired) electrons. The number of nitrogens with zero attached hydrogens (tertiary/aromatic N) is 1. The van der Waals surface area contributed by atoms with Crippen LogP contribution in [0.5, 0.6) is 0 Å². The van der Waals surface area contributed by atoms with Crippen LogP contribution in [-0.2, 0) is 9.53 Å². The summed E-state index contributed by atoms with van der Waals surface area (Å²) in [5.74, 6) is -0.299. The number of hydrogen-bond donors (Lipinski definition) is 0. The molecule has 0 amide bonds. The molecule has 21 heavy (non-hydrogen) atoms. The van der Waals surface area contributed by atoms with E-state index in [9.17, 15) is 4.79 Å². The van der Waals surface area contributed by atoms with E-state index in [-0.39, 0.29) is 5.97 Å². The van der Waals surface area contributed by atoms with E-state index in [1.54, 1.807) is 12.3 Å². The predicted octanol–water partition coefficient (Wildman–Crippen LogP) is 4.11. The van der Waals surface area contributed by atoms with Gasteiger partial charge in [0.1, 0.15) is 0 Å². The highest BCUT2D eigenvalue weighted by molar-refractivity contribution is 5.87. The largest absolute Gasteiger partial charge is 0.463 e. The minimum Gasteiger partial charge on any atom is -0.463 e. The van der Waals surface area contributed by atoms with Gasteiger partial charge in [0, 0.05) is 17.8 Å². The Morgan fingerprint density at radius 1 is 1.24 bits per heavy atom. The third kappa shape index (κ3) is 4.88. The Morgan fingerprint density at radius 2 is 2.14 bits per heavy atom. The second kappa shape index (κ2) is 8.00. The summed E-state index contributed by atoms with van der Waals surface area (Å²) in [6.45, 7) is 2.54. The minimum atomic E-state index is -0.299. The number of rotatable bonds is 6. The maximum absolute atomic E-state index is 11.5. The number of benzene rings is 1. The first-order valence-electron chi connectivity index (χ1n) is 7.16. The Balaban J connectivity index is 2.03. The molecule has 0 aliphatic rings. The third-order valence-electron chi connectivity index (χ3n) is 3.00. The number of hydrogen-bond acceptors (Lipinski definition) is 3. The molecule has 1 aromatic carbocycles. The summed E-state index contributed by atoms with van der Waals surface area (Å²) < 4.78 is 5.08. The fourth-order valence-electron chi connectivity index (χ4n) is 1.86. The van der Waals surface area contributed by atoms with Gasteiger partial charge < -0.3 is 4.74 Å². The van der Waals surface area contributed by atoms with Crippen molar-refractivity contribution < 1.29 is 9.53 Å². The molecule has 3 heteroatoms. The molecule has 0 aliphatic heterocycles. The molecular formula is C18H19NO2. The lowest BCUT2D eigenvalue weighted by molar-refractivity contribution is -0.137. The molecule has 0 saturated heterocycles. The fraction of sp³-hybridized carbons (Fsp3) is 0.222. The molecule has 0 unspecified atom stereocenters. The predicted molar refractivity (Wildman–Crippen MR) is 84.6 cm³/mol. The fourth-order valence-corrected chi connectivity index (χ4v) is 1.86. The summed E-state index contributed by atoms with van der Waals surface area (Å²) in [7, 11) is 0. The molecule has 0 saturated carbocycles. The van der Waals surface area contributed by atoms with Crippen molar-refractivity contribution in [1.29, 1.82) is 0 Å². The molecule has 1 aromatic heterocycles. The van der Waals surface area contributed by atoms with Gasteiger partial charge in [-0.3, -0.25) is 4.98 Å². The van der Waals surface area contributed by atoms with Gasteiger partial charge in [-0.05, 0) is 36.3 Å². The van der Waals surface area contributed by atoms with Gasteiger partial charge in [0.25, 0.3) is 0 Å². The quantitative estimate of drug-likeness (QED) is 0.454. The van der Waals surface area contributed by atoms with Crippen LogP contribution >= 0.6 is 0 Å². The van der Waals surface area contributed by atoms with Crippen LogP contribution in [0, 0.1) is 0 Å². The molecule has 2 rings (SSSR count). The normalized spacial score (nSPS) is 10.7. The maximum Gasteiger partial charge on any atom is 0.330 e. The van der Waals surface area contributed by atoms with Gasteiger partial charge in [0.15, 0.2) is 0 Å². The average molecular weight is 281 g/mol. The topological polar surface area (TPSA) is 39.2 Å². The van der Waals surface area contributed by atoms with Gasteiger partial charge in [-0.2, -0.15) is 0 Å². The third-order valence-corrected chi connectivity index (χ3v) is 3.00. The zero-order valence-electron chi connectivity index (χ0n) is 12.2. The van der Waals surface area contributed by atoms with Crippen molar-refractivity contribution >= 4 is 12.0 Å². The summed E-state index contributed by atoms with van der Waals surface area (Å²) in [4.78, 5) is 15.8. The number of aromatic nitrogens is 1. The molecule has 0 bridgehead atoms. The van der Waals surface area contributed by atoms with Crippen molar-refractivity contribution in [2.45, 2.75) is 19.8 Å². The average Bonchev–Trinajstić information content (AvgIpc) is 2.54. The van der Waals surface area contributed by atoms with E-state index in [1.807, 2.05) is 42.5 Å². The minimum absolute atomic E-state index is 0.299. The van der Waals surface area contributed by atoms with E-state index in [0.29, 0.717) is 6.61 Å². The first-order chi connectivity index (χ1) is 10.3. The molecule has 0 N–H and O–H groups in total.